The summed E-state index contributed by atoms with van der Waals surface area (Å²) >= 11 is 0. The molecular weight excluding hydrogens is 142 g/mol. The maximum Gasteiger partial charge on any atom is 0.0931 e. The number of hydrogen-bond acceptors (Lipinski definition) is 3. The van der Waals surface area contributed by atoms with Gasteiger partial charge in [0.25, 0.3) is 0 Å². The van der Waals surface area contributed by atoms with Crippen molar-refractivity contribution in [3.8, 4) is 0 Å². The van der Waals surface area contributed by atoms with Gasteiger partial charge in [-0.2, -0.15) is 0 Å². The first-order chi connectivity index (χ1) is 5.36. The summed E-state index contributed by atoms with van der Waals surface area (Å²) in [5, 5.41) is 0. The van der Waals surface area contributed by atoms with Gasteiger partial charge in [0, 0.05) is 20.2 Å². The van der Waals surface area contributed by atoms with Crippen molar-refractivity contribution >= 4 is 0 Å². The van der Waals surface area contributed by atoms with Gasteiger partial charge in [-0.1, -0.05) is 6.92 Å². The number of likely N-dealkylation sites (N-methyl/N-ethyl adjacent to an activating group) is 1. The van der Waals surface area contributed by atoms with E-state index in [4.69, 9.17) is 9.47 Å². The van der Waals surface area contributed by atoms with Crippen LogP contribution in [0.15, 0.2) is 0 Å². The number of hydrogen-bond donors (Lipinski definition) is 0. The molecule has 1 fully saturated rings. The number of nitrogens with zero attached hydrogens (tertiary/aromatic N) is 1. The minimum Gasteiger partial charge on any atom is -0.378 e. The molecule has 0 aliphatic carbocycles. The molecule has 1 heterocycles. The average Bonchev–Trinajstić information content (AvgIpc) is 2.28. The van der Waals surface area contributed by atoms with Crippen molar-refractivity contribution in [1.82, 2.24) is 4.90 Å². The van der Waals surface area contributed by atoms with E-state index in [0.717, 1.165) is 32.8 Å². The molecule has 1 aliphatic rings. The number of ether oxygens (including phenoxy) is 2. The molecule has 66 valence electrons. The molecule has 0 amide bonds. The summed E-state index contributed by atoms with van der Waals surface area (Å²) in [5.41, 5.74) is 0. The lowest BCUT2D eigenvalue weighted by Gasteiger charge is -2.20. The Labute approximate surface area is 68.3 Å². The first-order valence-electron chi connectivity index (χ1n) is 4.19. The molecule has 0 N–H and O–H groups in total. The van der Waals surface area contributed by atoms with Crippen LogP contribution in [0.5, 0.6) is 0 Å². The molecule has 0 aromatic heterocycles. The standard InChI is InChI=1S/C8H17NO2/c1-3-9-4-5-11-7-8(6-9)10-2/h8H,3-7H2,1-2H3. The van der Waals surface area contributed by atoms with Crippen LogP contribution in [0.3, 0.4) is 0 Å². The SMILES string of the molecule is CCN1CCOCC(OC)C1. The Bertz CT molecular complexity index is 96.3. The van der Waals surface area contributed by atoms with Gasteiger partial charge >= 0.3 is 0 Å². The van der Waals surface area contributed by atoms with Crippen LogP contribution in [0.2, 0.25) is 0 Å². The normalized spacial score (nSPS) is 28.4. The van der Waals surface area contributed by atoms with E-state index in [-0.39, 0.29) is 6.10 Å². The molecule has 11 heavy (non-hydrogen) atoms. The van der Waals surface area contributed by atoms with E-state index in [9.17, 15) is 0 Å². The van der Waals surface area contributed by atoms with Crippen LogP contribution in [0, 0.1) is 0 Å². The molecule has 1 aliphatic heterocycles. The van der Waals surface area contributed by atoms with Crippen LogP contribution < -0.4 is 0 Å². The van der Waals surface area contributed by atoms with Gasteiger partial charge in [-0.25, -0.2) is 0 Å². The van der Waals surface area contributed by atoms with Crippen molar-refractivity contribution in [2.75, 3.05) is 40.0 Å². The summed E-state index contributed by atoms with van der Waals surface area (Å²) in [4.78, 5) is 2.35. The maximum atomic E-state index is 5.36. The highest BCUT2D eigenvalue weighted by Gasteiger charge is 2.15. The van der Waals surface area contributed by atoms with Crippen LogP contribution in [0.25, 0.3) is 0 Å². The van der Waals surface area contributed by atoms with Crippen LogP contribution in [-0.2, 0) is 9.47 Å². The van der Waals surface area contributed by atoms with Gasteiger partial charge in [0.15, 0.2) is 0 Å². The lowest BCUT2D eigenvalue weighted by molar-refractivity contribution is 0.0232. The third-order valence-corrected chi connectivity index (χ3v) is 2.10. The van der Waals surface area contributed by atoms with Crippen molar-refractivity contribution in [3.05, 3.63) is 0 Å². The third kappa shape index (κ3) is 2.77. The molecule has 1 rings (SSSR count). The highest BCUT2D eigenvalue weighted by atomic mass is 16.5. The molecule has 1 atom stereocenters. The fraction of sp³-hybridized carbons (Fsp3) is 1.00. The molecule has 1 unspecified atom stereocenters. The van der Waals surface area contributed by atoms with Crippen LogP contribution in [0.4, 0.5) is 0 Å². The summed E-state index contributed by atoms with van der Waals surface area (Å²) < 4.78 is 10.6. The maximum absolute atomic E-state index is 5.36. The Morgan fingerprint density at radius 1 is 1.64 bits per heavy atom. The van der Waals surface area contributed by atoms with Crippen molar-refractivity contribution in [1.29, 1.82) is 0 Å². The van der Waals surface area contributed by atoms with Gasteiger partial charge < -0.3 is 9.47 Å². The fourth-order valence-corrected chi connectivity index (χ4v) is 1.27. The van der Waals surface area contributed by atoms with Crippen molar-refractivity contribution in [3.63, 3.8) is 0 Å². The van der Waals surface area contributed by atoms with E-state index in [2.05, 4.69) is 11.8 Å². The Morgan fingerprint density at radius 3 is 3.09 bits per heavy atom. The van der Waals surface area contributed by atoms with Crippen molar-refractivity contribution < 1.29 is 9.47 Å². The monoisotopic (exact) mass is 159 g/mol. The van der Waals surface area contributed by atoms with Crippen molar-refractivity contribution in [2.24, 2.45) is 0 Å². The van der Waals surface area contributed by atoms with E-state index < -0.39 is 0 Å². The first-order valence-corrected chi connectivity index (χ1v) is 4.19. The van der Waals surface area contributed by atoms with E-state index >= 15 is 0 Å². The molecule has 0 spiro atoms. The minimum atomic E-state index is 0.262. The molecule has 0 bridgehead atoms. The molecule has 0 saturated carbocycles. The smallest absolute Gasteiger partial charge is 0.0931 e. The number of rotatable bonds is 2. The lowest BCUT2D eigenvalue weighted by Crippen LogP contribution is -2.33. The third-order valence-electron chi connectivity index (χ3n) is 2.10. The second kappa shape index (κ2) is 4.70. The molecule has 1 saturated heterocycles. The van der Waals surface area contributed by atoms with E-state index in [1.165, 1.54) is 0 Å². The fourth-order valence-electron chi connectivity index (χ4n) is 1.27. The van der Waals surface area contributed by atoms with E-state index in [0.29, 0.717) is 0 Å². The molecule has 0 radical (unpaired) electrons. The quantitative estimate of drug-likeness (QED) is 0.580. The van der Waals surface area contributed by atoms with Gasteiger partial charge in [-0.3, -0.25) is 4.90 Å². The first kappa shape index (κ1) is 8.97. The lowest BCUT2D eigenvalue weighted by atomic mass is 10.3. The van der Waals surface area contributed by atoms with Crippen LogP contribution in [-0.4, -0.2) is 51.0 Å². The van der Waals surface area contributed by atoms with E-state index in [1.807, 2.05) is 0 Å². The molecule has 0 aromatic rings. The Morgan fingerprint density at radius 2 is 2.45 bits per heavy atom. The Hall–Kier alpha value is -0.120. The molecule has 3 heteroatoms. The average molecular weight is 159 g/mol. The minimum absolute atomic E-state index is 0.262. The summed E-state index contributed by atoms with van der Waals surface area (Å²) in [6, 6.07) is 0. The summed E-state index contributed by atoms with van der Waals surface area (Å²) in [5.74, 6) is 0. The summed E-state index contributed by atoms with van der Waals surface area (Å²) in [6.07, 6.45) is 0.262. The second-order valence-corrected chi connectivity index (χ2v) is 2.83. The van der Waals surface area contributed by atoms with E-state index in [1.54, 1.807) is 7.11 Å². The molecule has 0 aromatic carbocycles. The van der Waals surface area contributed by atoms with Gasteiger partial charge in [0.05, 0.1) is 19.3 Å². The van der Waals surface area contributed by atoms with Gasteiger partial charge in [0.1, 0.15) is 0 Å². The highest BCUT2D eigenvalue weighted by molar-refractivity contribution is 4.67. The van der Waals surface area contributed by atoms with Gasteiger partial charge in [-0.15, -0.1) is 0 Å². The van der Waals surface area contributed by atoms with Crippen LogP contribution >= 0.6 is 0 Å². The zero-order valence-corrected chi connectivity index (χ0v) is 7.38. The topological polar surface area (TPSA) is 21.7 Å². The zero-order valence-electron chi connectivity index (χ0n) is 7.38. The highest BCUT2D eigenvalue weighted by Crippen LogP contribution is 2.01. The van der Waals surface area contributed by atoms with Crippen molar-refractivity contribution in [2.45, 2.75) is 13.0 Å². The van der Waals surface area contributed by atoms with Gasteiger partial charge in [0.2, 0.25) is 0 Å². The Kier molecular flexibility index (Phi) is 3.83. The second-order valence-electron chi connectivity index (χ2n) is 2.83. The molecular formula is C8H17NO2. The number of methoxy groups -OCH3 is 1. The summed E-state index contributed by atoms with van der Waals surface area (Å²) in [6.45, 7) is 6.88. The largest absolute Gasteiger partial charge is 0.378 e. The Balaban J connectivity index is 2.33. The zero-order chi connectivity index (χ0) is 8.10. The van der Waals surface area contributed by atoms with Crippen LogP contribution in [0.1, 0.15) is 6.92 Å². The predicted octanol–water partition coefficient (Wildman–Crippen LogP) is 0.353. The molecule has 3 nitrogen and oxygen atoms in total. The summed E-state index contributed by atoms with van der Waals surface area (Å²) in [7, 11) is 1.74. The predicted molar refractivity (Wildman–Crippen MR) is 43.7 cm³/mol. The van der Waals surface area contributed by atoms with Gasteiger partial charge in [-0.05, 0) is 6.54 Å².